The van der Waals surface area contributed by atoms with E-state index in [0.29, 0.717) is 12.1 Å². The molecule has 0 aliphatic heterocycles. The SMILES string of the molecule is O=C(NC(Cc1ccccc1)(c1ccc(F)cc1)c1cc(F)cc(C(F)(F)F)c1)C(F)(F)C(F)(F)F. The van der Waals surface area contributed by atoms with Crippen LogP contribution in [0, 0.1) is 11.6 Å². The Morgan fingerprint density at radius 2 is 1.22 bits per heavy atom. The maximum atomic E-state index is 14.4. The predicted molar refractivity (Wildman–Crippen MR) is 108 cm³/mol. The molecule has 0 aliphatic carbocycles. The Bertz CT molecular complexity index is 1220. The van der Waals surface area contributed by atoms with Crippen LogP contribution in [0.2, 0.25) is 0 Å². The van der Waals surface area contributed by atoms with Gasteiger partial charge in [-0.2, -0.15) is 35.1 Å². The molecule has 1 amide bonds. The molecule has 0 spiro atoms. The number of rotatable bonds is 6. The summed E-state index contributed by atoms with van der Waals surface area (Å²) in [5.74, 6) is -11.2. The van der Waals surface area contributed by atoms with Crippen molar-refractivity contribution in [1.82, 2.24) is 5.32 Å². The van der Waals surface area contributed by atoms with Crippen LogP contribution in [0.25, 0.3) is 0 Å². The first-order valence-electron chi connectivity index (χ1n) is 10.0. The van der Waals surface area contributed by atoms with Crippen molar-refractivity contribution in [1.29, 1.82) is 0 Å². The summed E-state index contributed by atoms with van der Waals surface area (Å²) in [7, 11) is 0. The molecule has 12 heteroatoms. The fourth-order valence-electron chi connectivity index (χ4n) is 3.60. The molecular formula is C24H15F10NO. The molecule has 3 aromatic carbocycles. The molecule has 0 saturated heterocycles. The van der Waals surface area contributed by atoms with Crippen LogP contribution in [0.1, 0.15) is 22.3 Å². The van der Waals surface area contributed by atoms with Gasteiger partial charge in [-0.15, -0.1) is 0 Å². The predicted octanol–water partition coefficient (Wildman–Crippen LogP) is 6.78. The lowest BCUT2D eigenvalue weighted by Gasteiger charge is -2.38. The first-order valence-corrected chi connectivity index (χ1v) is 10.0. The molecule has 1 N–H and O–H groups in total. The number of alkyl halides is 8. The van der Waals surface area contributed by atoms with Crippen LogP contribution in [0.15, 0.2) is 72.8 Å². The lowest BCUT2D eigenvalue weighted by atomic mass is 9.77. The van der Waals surface area contributed by atoms with Crippen LogP contribution in [-0.4, -0.2) is 18.0 Å². The van der Waals surface area contributed by atoms with E-state index in [9.17, 15) is 48.7 Å². The topological polar surface area (TPSA) is 29.1 Å². The van der Waals surface area contributed by atoms with Crippen molar-refractivity contribution in [2.75, 3.05) is 0 Å². The summed E-state index contributed by atoms with van der Waals surface area (Å²) >= 11 is 0. The van der Waals surface area contributed by atoms with Gasteiger partial charge in [0.15, 0.2) is 0 Å². The average Bonchev–Trinajstić information content (AvgIpc) is 2.78. The number of hydrogen-bond donors (Lipinski definition) is 1. The fraction of sp³-hybridized carbons (Fsp3) is 0.208. The summed E-state index contributed by atoms with van der Waals surface area (Å²) in [6.45, 7) is 0. The molecule has 0 bridgehead atoms. The van der Waals surface area contributed by atoms with Gasteiger partial charge in [0.05, 0.1) is 11.1 Å². The highest BCUT2D eigenvalue weighted by molar-refractivity contribution is 5.85. The summed E-state index contributed by atoms with van der Waals surface area (Å²) < 4.78 is 135. The van der Waals surface area contributed by atoms with Crippen molar-refractivity contribution in [3.8, 4) is 0 Å². The summed E-state index contributed by atoms with van der Waals surface area (Å²) in [6.07, 6.45) is -12.2. The molecule has 3 aromatic rings. The van der Waals surface area contributed by atoms with Gasteiger partial charge in [-0.05, 0) is 47.0 Å². The Morgan fingerprint density at radius 1 is 0.667 bits per heavy atom. The molecule has 0 aromatic heterocycles. The quantitative estimate of drug-likeness (QED) is 0.355. The number of carbonyl (C=O) groups excluding carboxylic acids is 1. The maximum Gasteiger partial charge on any atom is 0.463 e. The van der Waals surface area contributed by atoms with Crippen LogP contribution >= 0.6 is 0 Å². The molecular weight excluding hydrogens is 508 g/mol. The Hall–Kier alpha value is -3.57. The second-order valence-corrected chi connectivity index (χ2v) is 7.83. The van der Waals surface area contributed by atoms with Gasteiger partial charge in [0.2, 0.25) is 0 Å². The molecule has 0 fully saturated rings. The van der Waals surface area contributed by atoms with Gasteiger partial charge in [-0.1, -0.05) is 42.5 Å². The fourth-order valence-corrected chi connectivity index (χ4v) is 3.60. The first-order chi connectivity index (χ1) is 16.6. The molecule has 0 aliphatic rings. The van der Waals surface area contributed by atoms with Gasteiger partial charge >= 0.3 is 24.2 Å². The molecule has 3 rings (SSSR count). The minimum Gasteiger partial charge on any atom is -0.337 e. The Morgan fingerprint density at radius 3 is 1.75 bits per heavy atom. The van der Waals surface area contributed by atoms with E-state index in [1.807, 2.05) is 0 Å². The van der Waals surface area contributed by atoms with Crippen LogP contribution in [0.3, 0.4) is 0 Å². The number of carbonyl (C=O) groups is 1. The molecule has 1 unspecified atom stereocenters. The number of halogens is 10. The van der Waals surface area contributed by atoms with Crippen LogP contribution in [-0.2, 0) is 22.9 Å². The van der Waals surface area contributed by atoms with E-state index in [1.165, 1.54) is 35.6 Å². The average molecular weight is 523 g/mol. The van der Waals surface area contributed by atoms with E-state index in [1.54, 1.807) is 0 Å². The molecule has 0 saturated carbocycles. The largest absolute Gasteiger partial charge is 0.463 e. The lowest BCUT2D eigenvalue weighted by molar-refractivity contribution is -0.270. The van der Waals surface area contributed by atoms with Crippen molar-refractivity contribution in [2.24, 2.45) is 0 Å². The molecule has 0 heterocycles. The molecule has 0 radical (unpaired) electrons. The van der Waals surface area contributed by atoms with Gasteiger partial charge in [0.25, 0.3) is 0 Å². The summed E-state index contributed by atoms with van der Waals surface area (Å²) in [6, 6.07) is 11.2. The Balaban J connectivity index is 2.36. The number of hydrogen-bond acceptors (Lipinski definition) is 1. The van der Waals surface area contributed by atoms with Crippen molar-refractivity contribution in [3.63, 3.8) is 0 Å². The number of amides is 1. The Kier molecular flexibility index (Phi) is 7.11. The van der Waals surface area contributed by atoms with Crippen LogP contribution in [0.4, 0.5) is 43.9 Å². The molecule has 192 valence electrons. The third-order valence-electron chi connectivity index (χ3n) is 5.34. The highest BCUT2D eigenvalue weighted by Crippen LogP contribution is 2.41. The van der Waals surface area contributed by atoms with Gasteiger partial charge in [0.1, 0.15) is 11.6 Å². The zero-order chi connectivity index (χ0) is 26.9. The van der Waals surface area contributed by atoms with E-state index < -0.39 is 58.9 Å². The highest BCUT2D eigenvalue weighted by Gasteiger charge is 2.64. The first kappa shape index (κ1) is 27.0. The normalized spacial score (nSPS) is 14.3. The van der Waals surface area contributed by atoms with Gasteiger partial charge in [-0.25, -0.2) is 8.78 Å². The van der Waals surface area contributed by atoms with Crippen LogP contribution in [0.5, 0.6) is 0 Å². The molecule has 2 nitrogen and oxygen atoms in total. The highest BCUT2D eigenvalue weighted by atomic mass is 19.4. The van der Waals surface area contributed by atoms with E-state index in [4.69, 9.17) is 0 Å². The zero-order valence-corrected chi connectivity index (χ0v) is 17.8. The Labute approximate surface area is 197 Å². The van der Waals surface area contributed by atoms with E-state index in [0.717, 1.165) is 24.3 Å². The number of benzene rings is 3. The van der Waals surface area contributed by atoms with Crippen molar-refractivity contribution < 1.29 is 48.7 Å². The minimum atomic E-state index is -6.35. The van der Waals surface area contributed by atoms with E-state index >= 15 is 0 Å². The van der Waals surface area contributed by atoms with E-state index in [-0.39, 0.29) is 17.2 Å². The maximum absolute atomic E-state index is 14.4. The third kappa shape index (κ3) is 5.47. The number of nitrogens with one attached hydrogen (secondary N) is 1. The molecule has 36 heavy (non-hydrogen) atoms. The second-order valence-electron chi connectivity index (χ2n) is 7.83. The minimum absolute atomic E-state index is 0.0909. The second kappa shape index (κ2) is 9.47. The third-order valence-corrected chi connectivity index (χ3v) is 5.34. The lowest BCUT2D eigenvalue weighted by Crippen LogP contribution is -2.58. The monoisotopic (exact) mass is 523 g/mol. The zero-order valence-electron chi connectivity index (χ0n) is 17.8. The summed E-state index contributed by atoms with van der Waals surface area (Å²) in [5.41, 5.74) is -5.21. The van der Waals surface area contributed by atoms with Crippen molar-refractivity contribution >= 4 is 5.91 Å². The summed E-state index contributed by atoms with van der Waals surface area (Å²) in [4.78, 5) is 12.3. The van der Waals surface area contributed by atoms with Crippen LogP contribution < -0.4 is 5.32 Å². The smallest absolute Gasteiger partial charge is 0.337 e. The molecule has 1 atom stereocenters. The van der Waals surface area contributed by atoms with Gasteiger partial charge in [0, 0.05) is 6.42 Å². The van der Waals surface area contributed by atoms with Gasteiger partial charge < -0.3 is 5.32 Å². The van der Waals surface area contributed by atoms with Gasteiger partial charge in [-0.3, -0.25) is 4.79 Å². The summed E-state index contributed by atoms with van der Waals surface area (Å²) in [5, 5.41) is 1.52. The van der Waals surface area contributed by atoms with E-state index in [2.05, 4.69) is 0 Å². The van der Waals surface area contributed by atoms with Crippen molar-refractivity contribution in [2.45, 2.75) is 30.2 Å². The standard InChI is InChI=1S/C24H15F10NO/c25-18-8-6-15(7-9-18)21(13-14-4-2-1-3-5-14,35-20(36)22(27,28)24(32,33)34)16-10-17(23(29,30)31)12-19(26)11-16/h1-12H,13H2,(H,35,36). The van der Waals surface area contributed by atoms with Crippen molar-refractivity contribution in [3.05, 3.63) is 107 Å².